The normalized spacial score (nSPS) is 14.9. The van der Waals surface area contributed by atoms with E-state index < -0.39 is 0 Å². The lowest BCUT2D eigenvalue weighted by Crippen LogP contribution is -2.04. The van der Waals surface area contributed by atoms with E-state index in [4.69, 9.17) is 4.74 Å². The molecule has 0 N–H and O–H groups in total. The third-order valence-electron chi connectivity index (χ3n) is 1.55. The first kappa shape index (κ1) is 9.44. The van der Waals surface area contributed by atoms with E-state index in [9.17, 15) is 0 Å². The number of hydrogen-bond donors (Lipinski definition) is 0. The average molecular weight is 140 g/mol. The molecule has 0 aromatic carbocycles. The van der Waals surface area contributed by atoms with Crippen LogP contribution in [0.3, 0.4) is 0 Å². The fourth-order valence-corrected chi connectivity index (χ4v) is 0.950. The van der Waals surface area contributed by atoms with Gasteiger partial charge in [-0.3, -0.25) is 0 Å². The highest BCUT2D eigenvalue weighted by molar-refractivity contribution is 5.17. The average Bonchev–Trinajstić information content (AvgIpc) is 1.91. The summed E-state index contributed by atoms with van der Waals surface area (Å²) in [6.07, 6.45) is 3.94. The molecule has 0 aliphatic rings. The van der Waals surface area contributed by atoms with E-state index in [2.05, 4.69) is 19.6 Å². The Balaban J connectivity index is 3.89. The first-order chi connectivity index (χ1) is 4.76. The quantitative estimate of drug-likeness (QED) is 0.545. The first-order valence-corrected chi connectivity index (χ1v) is 3.53. The van der Waals surface area contributed by atoms with Crippen LogP contribution in [0, 0.1) is 5.92 Å². The molecule has 58 valence electrons. The molecule has 1 nitrogen and oxygen atoms in total. The van der Waals surface area contributed by atoms with Crippen LogP contribution < -0.4 is 0 Å². The summed E-state index contributed by atoms with van der Waals surface area (Å²) in [7, 11) is 1.72. The first-order valence-electron chi connectivity index (χ1n) is 3.53. The minimum atomic E-state index is 0.465. The highest BCUT2D eigenvalue weighted by atomic mass is 16.5. The molecule has 0 saturated carbocycles. The van der Waals surface area contributed by atoms with Crippen molar-refractivity contribution in [1.29, 1.82) is 0 Å². The highest BCUT2D eigenvalue weighted by Crippen LogP contribution is 2.10. The summed E-state index contributed by atoms with van der Waals surface area (Å²) in [5.41, 5.74) is 1.25. The molecule has 0 bridgehead atoms. The van der Waals surface area contributed by atoms with Crippen LogP contribution in [0.15, 0.2) is 24.3 Å². The Hall–Kier alpha value is -0.560. The summed E-state index contributed by atoms with van der Waals surface area (Å²) < 4.78 is 5.00. The second-order valence-electron chi connectivity index (χ2n) is 2.35. The summed E-state index contributed by atoms with van der Waals surface area (Å²) in [6.45, 7) is 8.62. The van der Waals surface area contributed by atoms with Gasteiger partial charge in [0.1, 0.15) is 0 Å². The number of hydrogen-bond acceptors (Lipinski definition) is 1. The lowest BCUT2D eigenvalue weighted by molar-refractivity contribution is 0.173. The summed E-state index contributed by atoms with van der Waals surface area (Å²) in [6, 6.07) is 0. The van der Waals surface area contributed by atoms with E-state index in [1.807, 2.05) is 13.0 Å². The van der Waals surface area contributed by atoms with Crippen LogP contribution in [-0.4, -0.2) is 13.7 Å². The van der Waals surface area contributed by atoms with Crippen LogP contribution in [0.1, 0.15) is 13.8 Å². The molecule has 0 fully saturated rings. The van der Waals surface area contributed by atoms with Gasteiger partial charge in [-0.2, -0.15) is 0 Å². The standard InChI is InChI=1S/C9H16O/c1-5-9(6-2)8(3)7-10-4/h5-6,8H,1,7H2,2-4H3/b9-6+. The van der Waals surface area contributed by atoms with E-state index in [-0.39, 0.29) is 0 Å². The molecule has 1 heteroatoms. The Labute approximate surface area is 63.4 Å². The molecule has 0 aliphatic heterocycles. The summed E-state index contributed by atoms with van der Waals surface area (Å²) in [5.74, 6) is 0.465. The smallest absolute Gasteiger partial charge is 0.0528 e. The second kappa shape index (κ2) is 5.24. The van der Waals surface area contributed by atoms with E-state index in [0.29, 0.717) is 5.92 Å². The SMILES string of the molecule is C=C/C(=C\C)C(C)COC. The number of methoxy groups -OCH3 is 1. The minimum absolute atomic E-state index is 0.465. The molecule has 1 atom stereocenters. The maximum atomic E-state index is 5.00. The predicted molar refractivity (Wildman–Crippen MR) is 45.0 cm³/mol. The lowest BCUT2D eigenvalue weighted by Gasteiger charge is -2.09. The number of allylic oxidation sites excluding steroid dienone is 2. The van der Waals surface area contributed by atoms with E-state index in [1.165, 1.54) is 5.57 Å². The van der Waals surface area contributed by atoms with Crippen LogP contribution in [0.4, 0.5) is 0 Å². The van der Waals surface area contributed by atoms with Gasteiger partial charge >= 0.3 is 0 Å². The van der Waals surface area contributed by atoms with Crippen molar-refractivity contribution in [3.63, 3.8) is 0 Å². The van der Waals surface area contributed by atoms with Gasteiger partial charge in [-0.15, -0.1) is 0 Å². The van der Waals surface area contributed by atoms with Crippen molar-refractivity contribution in [1.82, 2.24) is 0 Å². The van der Waals surface area contributed by atoms with Crippen LogP contribution in [0.5, 0.6) is 0 Å². The molecule has 0 aliphatic carbocycles. The minimum Gasteiger partial charge on any atom is -0.384 e. The maximum absolute atomic E-state index is 5.00. The van der Waals surface area contributed by atoms with Crippen molar-refractivity contribution < 1.29 is 4.74 Å². The predicted octanol–water partition coefficient (Wildman–Crippen LogP) is 2.40. The van der Waals surface area contributed by atoms with Gasteiger partial charge in [-0.05, 0) is 12.5 Å². The maximum Gasteiger partial charge on any atom is 0.0528 e. The number of ether oxygens (including phenoxy) is 1. The van der Waals surface area contributed by atoms with E-state index in [1.54, 1.807) is 7.11 Å². The van der Waals surface area contributed by atoms with Crippen molar-refractivity contribution in [3.8, 4) is 0 Å². The fraction of sp³-hybridized carbons (Fsp3) is 0.556. The zero-order valence-corrected chi connectivity index (χ0v) is 7.05. The van der Waals surface area contributed by atoms with Crippen molar-refractivity contribution >= 4 is 0 Å². The molecule has 0 spiro atoms. The van der Waals surface area contributed by atoms with Gasteiger partial charge in [-0.25, -0.2) is 0 Å². The second-order valence-corrected chi connectivity index (χ2v) is 2.35. The van der Waals surface area contributed by atoms with Gasteiger partial charge < -0.3 is 4.74 Å². The molecule has 0 radical (unpaired) electrons. The Morgan fingerprint density at radius 1 is 1.70 bits per heavy atom. The third-order valence-corrected chi connectivity index (χ3v) is 1.55. The highest BCUT2D eigenvalue weighted by Gasteiger charge is 2.02. The topological polar surface area (TPSA) is 9.23 Å². The van der Waals surface area contributed by atoms with E-state index >= 15 is 0 Å². The molecular weight excluding hydrogens is 124 g/mol. The zero-order valence-electron chi connectivity index (χ0n) is 7.05. The third kappa shape index (κ3) is 2.83. The van der Waals surface area contributed by atoms with Gasteiger partial charge in [0.05, 0.1) is 6.61 Å². The van der Waals surface area contributed by atoms with Crippen LogP contribution >= 0.6 is 0 Å². The van der Waals surface area contributed by atoms with Crippen molar-refractivity contribution in [2.75, 3.05) is 13.7 Å². The molecule has 0 aromatic rings. The molecule has 0 saturated heterocycles. The van der Waals surface area contributed by atoms with Gasteiger partial charge in [0.15, 0.2) is 0 Å². The Morgan fingerprint density at radius 3 is 2.60 bits per heavy atom. The van der Waals surface area contributed by atoms with Gasteiger partial charge in [0.25, 0.3) is 0 Å². The van der Waals surface area contributed by atoms with Crippen molar-refractivity contribution in [2.24, 2.45) is 5.92 Å². The van der Waals surface area contributed by atoms with Crippen molar-refractivity contribution in [2.45, 2.75) is 13.8 Å². The molecular formula is C9H16O. The number of rotatable bonds is 4. The molecule has 0 rings (SSSR count). The van der Waals surface area contributed by atoms with E-state index in [0.717, 1.165) is 6.61 Å². The summed E-state index contributed by atoms with van der Waals surface area (Å²) in [5, 5.41) is 0. The summed E-state index contributed by atoms with van der Waals surface area (Å²) >= 11 is 0. The lowest BCUT2D eigenvalue weighted by atomic mass is 10.0. The zero-order chi connectivity index (χ0) is 7.98. The molecule has 0 heterocycles. The fourth-order valence-electron chi connectivity index (χ4n) is 0.950. The molecule has 1 unspecified atom stereocenters. The van der Waals surface area contributed by atoms with Gasteiger partial charge in [0.2, 0.25) is 0 Å². The van der Waals surface area contributed by atoms with Gasteiger partial charge in [-0.1, -0.05) is 25.7 Å². The van der Waals surface area contributed by atoms with Crippen LogP contribution in [-0.2, 0) is 4.74 Å². The Bertz CT molecular complexity index is 125. The molecule has 0 aromatic heterocycles. The van der Waals surface area contributed by atoms with Crippen LogP contribution in [0.25, 0.3) is 0 Å². The largest absolute Gasteiger partial charge is 0.384 e. The summed E-state index contributed by atoms with van der Waals surface area (Å²) in [4.78, 5) is 0. The van der Waals surface area contributed by atoms with Crippen LogP contribution in [0.2, 0.25) is 0 Å². The Morgan fingerprint density at radius 2 is 2.30 bits per heavy atom. The van der Waals surface area contributed by atoms with Gasteiger partial charge in [0, 0.05) is 13.0 Å². The molecule has 10 heavy (non-hydrogen) atoms. The van der Waals surface area contributed by atoms with Crippen molar-refractivity contribution in [3.05, 3.63) is 24.3 Å². The molecule has 0 amide bonds. The monoisotopic (exact) mass is 140 g/mol. The Kier molecular flexibility index (Phi) is 4.95.